The number of hydrogen-bond acceptors (Lipinski definition) is 4. The number of nitrogens with one attached hydrogen (secondary N) is 2. The van der Waals surface area contributed by atoms with Gasteiger partial charge >= 0.3 is 6.03 Å². The quantitative estimate of drug-likeness (QED) is 0.789. The first kappa shape index (κ1) is 16.9. The van der Waals surface area contributed by atoms with Gasteiger partial charge in [0, 0.05) is 25.1 Å². The first-order valence-corrected chi connectivity index (χ1v) is 7.01. The number of carbonyl (C=O) groups excluding carboxylic acids is 2. The van der Waals surface area contributed by atoms with Crippen LogP contribution in [-0.2, 0) is 9.53 Å². The van der Waals surface area contributed by atoms with Gasteiger partial charge in [-0.2, -0.15) is 0 Å². The maximum atomic E-state index is 11.8. The van der Waals surface area contributed by atoms with Crippen LogP contribution in [0, 0.1) is 5.41 Å². The van der Waals surface area contributed by atoms with E-state index in [9.17, 15) is 9.59 Å². The van der Waals surface area contributed by atoms with E-state index in [-0.39, 0.29) is 29.5 Å². The van der Waals surface area contributed by atoms with E-state index in [0.717, 1.165) is 6.42 Å². The van der Waals surface area contributed by atoms with Crippen LogP contribution in [-0.4, -0.2) is 55.7 Å². The molecule has 2 atom stereocenters. The molecule has 1 aliphatic rings. The minimum absolute atomic E-state index is 0.0392. The summed E-state index contributed by atoms with van der Waals surface area (Å²) >= 11 is 0. The molecule has 0 heterocycles. The van der Waals surface area contributed by atoms with Gasteiger partial charge in [-0.15, -0.1) is 0 Å². The number of urea groups is 1. The Kier molecular flexibility index (Phi) is 5.15. The van der Waals surface area contributed by atoms with Crippen LogP contribution in [0.15, 0.2) is 0 Å². The Hall–Kier alpha value is -1.14. The zero-order chi connectivity index (χ0) is 15.6. The summed E-state index contributed by atoms with van der Waals surface area (Å²) in [5.41, 5.74) is -0.204. The van der Waals surface area contributed by atoms with E-state index in [1.54, 1.807) is 14.0 Å². The summed E-state index contributed by atoms with van der Waals surface area (Å²) < 4.78 is 5.58. The van der Waals surface area contributed by atoms with E-state index >= 15 is 0 Å². The van der Waals surface area contributed by atoms with Crippen molar-refractivity contribution in [2.45, 2.75) is 45.8 Å². The van der Waals surface area contributed by atoms with Gasteiger partial charge in [-0.05, 0) is 27.3 Å². The van der Waals surface area contributed by atoms with Crippen LogP contribution < -0.4 is 10.6 Å². The lowest BCUT2D eigenvalue weighted by Gasteiger charge is -2.61. The topological polar surface area (TPSA) is 70.7 Å². The number of hydrogen-bond donors (Lipinski definition) is 2. The van der Waals surface area contributed by atoms with Gasteiger partial charge < -0.3 is 10.1 Å². The Morgan fingerprint density at radius 3 is 2.40 bits per heavy atom. The summed E-state index contributed by atoms with van der Waals surface area (Å²) in [7, 11) is 3.62. The number of nitrogens with zero attached hydrogens (tertiary/aromatic N) is 1. The largest absolute Gasteiger partial charge is 0.378 e. The number of methoxy groups -OCH3 is 1. The number of amides is 3. The number of carbonyl (C=O) groups is 2. The van der Waals surface area contributed by atoms with Crippen molar-refractivity contribution < 1.29 is 14.3 Å². The third-order valence-electron chi connectivity index (χ3n) is 4.74. The molecule has 6 nitrogen and oxygen atoms in total. The molecule has 1 aliphatic carbocycles. The number of rotatable bonds is 5. The molecule has 0 saturated heterocycles. The highest BCUT2D eigenvalue weighted by Gasteiger charge is 2.59. The Bertz CT molecular complexity index is 384. The molecule has 0 radical (unpaired) electrons. The molecular formula is C14H27N3O3. The van der Waals surface area contributed by atoms with E-state index in [1.807, 2.05) is 11.9 Å². The molecule has 6 heteroatoms. The van der Waals surface area contributed by atoms with Crippen molar-refractivity contribution in [2.75, 3.05) is 27.2 Å². The molecule has 0 unspecified atom stereocenters. The molecule has 3 amide bonds. The molecule has 0 aliphatic heterocycles. The number of ether oxygens (including phenoxy) is 1. The Labute approximate surface area is 121 Å². The second-order valence-corrected chi connectivity index (χ2v) is 6.20. The van der Waals surface area contributed by atoms with Crippen LogP contribution in [0.2, 0.25) is 0 Å². The summed E-state index contributed by atoms with van der Waals surface area (Å²) in [5.74, 6) is -0.291. The third kappa shape index (κ3) is 3.12. The summed E-state index contributed by atoms with van der Waals surface area (Å²) in [6.07, 6.45) is 0.876. The maximum Gasteiger partial charge on any atom is 0.321 e. The van der Waals surface area contributed by atoms with Crippen LogP contribution in [0.25, 0.3) is 0 Å². The van der Waals surface area contributed by atoms with Crippen molar-refractivity contribution in [3.05, 3.63) is 0 Å². The van der Waals surface area contributed by atoms with Crippen molar-refractivity contribution in [3.8, 4) is 0 Å². The highest BCUT2D eigenvalue weighted by atomic mass is 16.5. The molecule has 0 aromatic rings. The molecule has 1 fully saturated rings. The van der Waals surface area contributed by atoms with E-state index in [4.69, 9.17) is 4.74 Å². The fourth-order valence-corrected chi connectivity index (χ4v) is 2.87. The maximum absolute atomic E-state index is 11.8. The van der Waals surface area contributed by atoms with E-state index in [2.05, 4.69) is 31.4 Å². The van der Waals surface area contributed by atoms with Crippen molar-refractivity contribution in [2.24, 2.45) is 5.41 Å². The molecule has 1 saturated carbocycles. The number of likely N-dealkylation sites (N-methyl/N-ethyl adjacent to an activating group) is 1. The summed E-state index contributed by atoms with van der Waals surface area (Å²) in [6, 6.07) is -0.187. The average Bonchev–Trinajstić information content (AvgIpc) is 2.34. The van der Waals surface area contributed by atoms with Gasteiger partial charge in [0.15, 0.2) is 0 Å². The zero-order valence-corrected chi connectivity index (χ0v) is 13.4. The van der Waals surface area contributed by atoms with Crippen LogP contribution in [0.1, 0.15) is 34.1 Å². The van der Waals surface area contributed by atoms with Gasteiger partial charge in [-0.3, -0.25) is 15.0 Å². The lowest BCUT2D eigenvalue weighted by atomic mass is 9.55. The van der Waals surface area contributed by atoms with Crippen molar-refractivity contribution in [1.82, 2.24) is 15.5 Å². The first-order chi connectivity index (χ1) is 9.17. The molecule has 0 aromatic heterocycles. The van der Waals surface area contributed by atoms with Crippen LogP contribution in [0.5, 0.6) is 0 Å². The highest BCUT2D eigenvalue weighted by molar-refractivity contribution is 5.95. The second-order valence-electron chi connectivity index (χ2n) is 6.20. The van der Waals surface area contributed by atoms with Crippen LogP contribution in [0.3, 0.4) is 0 Å². The summed E-state index contributed by atoms with van der Waals surface area (Å²) in [5, 5.41) is 4.85. The molecule has 116 valence electrons. The molecule has 0 aromatic carbocycles. The molecule has 2 N–H and O–H groups in total. The predicted octanol–water partition coefficient (Wildman–Crippen LogP) is 0.968. The Morgan fingerprint density at radius 2 is 1.95 bits per heavy atom. The van der Waals surface area contributed by atoms with Gasteiger partial charge in [-0.25, -0.2) is 4.79 Å². The third-order valence-corrected chi connectivity index (χ3v) is 4.74. The van der Waals surface area contributed by atoms with Gasteiger partial charge in [0.25, 0.3) is 0 Å². The molecule has 0 spiro atoms. The van der Waals surface area contributed by atoms with Gasteiger partial charge in [-0.1, -0.05) is 13.8 Å². The van der Waals surface area contributed by atoms with Gasteiger partial charge in [0.05, 0.1) is 12.1 Å². The van der Waals surface area contributed by atoms with Crippen LogP contribution >= 0.6 is 0 Å². The minimum Gasteiger partial charge on any atom is -0.378 e. The van der Waals surface area contributed by atoms with E-state index < -0.39 is 6.03 Å². The van der Waals surface area contributed by atoms with Crippen molar-refractivity contribution in [3.63, 3.8) is 0 Å². The van der Waals surface area contributed by atoms with Crippen LogP contribution in [0.4, 0.5) is 4.79 Å². The van der Waals surface area contributed by atoms with Gasteiger partial charge in [0.1, 0.15) is 0 Å². The first-order valence-electron chi connectivity index (χ1n) is 7.01. The molecular weight excluding hydrogens is 258 g/mol. The monoisotopic (exact) mass is 285 g/mol. The Morgan fingerprint density at radius 1 is 1.35 bits per heavy atom. The lowest BCUT2D eigenvalue weighted by molar-refractivity contribution is -0.205. The van der Waals surface area contributed by atoms with E-state index in [1.165, 1.54) is 0 Å². The molecule has 20 heavy (non-hydrogen) atoms. The molecule has 0 bridgehead atoms. The summed E-state index contributed by atoms with van der Waals surface area (Å²) in [6.45, 7) is 8.87. The smallest absolute Gasteiger partial charge is 0.321 e. The fourth-order valence-electron chi connectivity index (χ4n) is 2.87. The Balaban J connectivity index is 2.51. The van der Waals surface area contributed by atoms with Crippen molar-refractivity contribution in [1.29, 1.82) is 0 Å². The predicted molar refractivity (Wildman–Crippen MR) is 77.4 cm³/mol. The van der Waals surface area contributed by atoms with E-state index in [0.29, 0.717) is 6.54 Å². The zero-order valence-electron chi connectivity index (χ0n) is 13.4. The summed E-state index contributed by atoms with van der Waals surface area (Å²) in [4.78, 5) is 25.0. The number of imide groups is 1. The fraction of sp³-hybridized carbons (Fsp3) is 0.857. The standard InChI is InChI=1S/C14H27N3O3/c1-7-15-12(19)16-11(18)9-17(5)10-8-14(4,20-6)13(10,2)3/h10H,7-9H2,1-6H3,(H2,15,16,18,19)/t10-,14-/m1/s1. The average molecular weight is 285 g/mol. The lowest BCUT2D eigenvalue weighted by Crippen LogP contribution is -2.68. The van der Waals surface area contributed by atoms with Crippen molar-refractivity contribution >= 4 is 11.9 Å². The normalized spacial score (nSPS) is 27.9. The minimum atomic E-state index is -0.444. The second kappa shape index (κ2) is 6.10. The molecule has 1 rings (SSSR count). The van der Waals surface area contributed by atoms with Gasteiger partial charge in [0.2, 0.25) is 5.91 Å². The SMILES string of the molecule is CCNC(=O)NC(=O)CN(C)[C@@H]1C[C@@](C)(OC)C1(C)C. The highest BCUT2D eigenvalue weighted by Crippen LogP contribution is 2.53.